The van der Waals surface area contributed by atoms with E-state index >= 15 is 0 Å². The molecule has 5 heteroatoms. The summed E-state index contributed by atoms with van der Waals surface area (Å²) in [6.45, 7) is 1.69. The van der Waals surface area contributed by atoms with Gasteiger partial charge in [0.05, 0.1) is 6.04 Å². The molecule has 0 spiro atoms. The number of hydrogen-bond donors (Lipinski definition) is 2. The van der Waals surface area contributed by atoms with E-state index < -0.39 is 11.6 Å². The number of nitrogens with one attached hydrogen (secondary N) is 1. The van der Waals surface area contributed by atoms with Crippen molar-refractivity contribution in [3.63, 3.8) is 0 Å². The second-order valence-electron chi connectivity index (χ2n) is 3.16. The van der Waals surface area contributed by atoms with Gasteiger partial charge in [0, 0.05) is 0 Å². The Bertz CT molecular complexity index is 437. The van der Waals surface area contributed by atoms with Crippen molar-refractivity contribution < 1.29 is 8.78 Å². The van der Waals surface area contributed by atoms with E-state index in [1.54, 1.807) is 6.92 Å². The van der Waals surface area contributed by atoms with Gasteiger partial charge in [0.2, 0.25) is 0 Å². The number of aromatic nitrogens is 2. The van der Waals surface area contributed by atoms with Crippen molar-refractivity contribution in [1.82, 2.24) is 9.97 Å². The molecule has 0 aliphatic carbocycles. The molecule has 1 atom stereocenters. The maximum atomic E-state index is 13.2. The fourth-order valence-corrected chi connectivity index (χ4v) is 1.26. The van der Waals surface area contributed by atoms with E-state index in [9.17, 15) is 8.78 Å². The van der Waals surface area contributed by atoms with Gasteiger partial charge in [-0.05, 0) is 19.1 Å². The Morgan fingerprint density at radius 1 is 1.36 bits per heavy atom. The maximum absolute atomic E-state index is 13.2. The summed E-state index contributed by atoms with van der Waals surface area (Å²) in [6.07, 6.45) is 0. The van der Waals surface area contributed by atoms with Crippen molar-refractivity contribution in [2.45, 2.75) is 13.0 Å². The Morgan fingerprint density at radius 3 is 2.57 bits per heavy atom. The summed E-state index contributed by atoms with van der Waals surface area (Å²) in [4.78, 5) is 6.53. The molecular weight excluding hydrogens is 188 g/mol. The van der Waals surface area contributed by atoms with Crippen LogP contribution in [-0.4, -0.2) is 9.97 Å². The number of H-pyrrole nitrogens is 1. The van der Waals surface area contributed by atoms with Gasteiger partial charge >= 0.3 is 0 Å². The molecule has 3 N–H and O–H groups in total. The molecule has 0 aliphatic rings. The minimum Gasteiger partial charge on any atom is -0.338 e. The predicted octanol–water partition coefficient (Wildman–Crippen LogP) is 1.86. The van der Waals surface area contributed by atoms with E-state index in [2.05, 4.69) is 9.97 Å². The highest BCUT2D eigenvalue weighted by Gasteiger charge is 2.13. The van der Waals surface area contributed by atoms with Crippen molar-refractivity contribution in [1.29, 1.82) is 0 Å². The van der Waals surface area contributed by atoms with Crippen LogP contribution < -0.4 is 5.73 Å². The van der Waals surface area contributed by atoms with Crippen LogP contribution >= 0.6 is 0 Å². The van der Waals surface area contributed by atoms with Gasteiger partial charge in [0.25, 0.3) is 0 Å². The molecule has 0 saturated carbocycles. The van der Waals surface area contributed by atoms with Crippen LogP contribution in [0.5, 0.6) is 0 Å². The molecule has 1 aromatic heterocycles. The number of fused-ring (bicyclic) bond motifs is 1. The molecule has 2 aromatic rings. The molecule has 2 rings (SSSR count). The van der Waals surface area contributed by atoms with Gasteiger partial charge in [-0.2, -0.15) is 0 Å². The van der Waals surface area contributed by atoms with Crippen molar-refractivity contribution in [3.05, 3.63) is 29.6 Å². The summed E-state index contributed by atoms with van der Waals surface area (Å²) in [5.74, 6) is -0.700. The molecule has 0 aliphatic heterocycles. The summed E-state index contributed by atoms with van der Waals surface area (Å²) >= 11 is 0. The summed E-state index contributed by atoms with van der Waals surface area (Å²) < 4.78 is 26.3. The summed E-state index contributed by atoms with van der Waals surface area (Å²) in [6, 6.07) is 1.73. The SMILES string of the molecule is CC(N)c1nc2c(F)ccc(F)c2[nH]1. The largest absolute Gasteiger partial charge is 0.338 e. The quantitative estimate of drug-likeness (QED) is 0.733. The monoisotopic (exact) mass is 197 g/mol. The standard InChI is InChI=1S/C9H9F2N3/c1-4(12)9-13-7-5(10)2-3-6(11)8(7)14-9/h2-4H,12H2,1H3,(H,13,14). The number of imidazole rings is 1. The third-order valence-corrected chi connectivity index (χ3v) is 1.99. The average Bonchev–Trinajstić information content (AvgIpc) is 2.57. The van der Waals surface area contributed by atoms with Gasteiger partial charge in [-0.25, -0.2) is 13.8 Å². The van der Waals surface area contributed by atoms with Gasteiger partial charge in [-0.3, -0.25) is 0 Å². The Labute approximate surface area is 78.9 Å². The van der Waals surface area contributed by atoms with Crippen LogP contribution in [0.1, 0.15) is 18.8 Å². The number of hydrogen-bond acceptors (Lipinski definition) is 2. The summed E-state index contributed by atoms with van der Waals surface area (Å²) in [7, 11) is 0. The molecule has 1 unspecified atom stereocenters. The van der Waals surface area contributed by atoms with Crippen molar-refractivity contribution >= 4 is 11.0 Å². The van der Waals surface area contributed by atoms with Crippen molar-refractivity contribution in [2.75, 3.05) is 0 Å². The number of nitrogens with two attached hydrogens (primary N) is 1. The van der Waals surface area contributed by atoms with E-state index in [0.717, 1.165) is 12.1 Å². The zero-order chi connectivity index (χ0) is 10.3. The van der Waals surface area contributed by atoms with Crippen LogP contribution in [0.2, 0.25) is 0 Å². The minimum atomic E-state index is -0.551. The molecule has 1 heterocycles. The second kappa shape index (κ2) is 3.02. The van der Waals surface area contributed by atoms with Crippen LogP contribution in [0, 0.1) is 11.6 Å². The molecule has 14 heavy (non-hydrogen) atoms. The highest BCUT2D eigenvalue weighted by molar-refractivity contribution is 5.76. The lowest BCUT2D eigenvalue weighted by Gasteiger charge is -1.96. The smallest absolute Gasteiger partial charge is 0.151 e. The zero-order valence-corrected chi connectivity index (χ0v) is 7.51. The lowest BCUT2D eigenvalue weighted by Crippen LogP contribution is -2.06. The van der Waals surface area contributed by atoms with Gasteiger partial charge < -0.3 is 10.7 Å². The van der Waals surface area contributed by atoms with Crippen LogP contribution in [0.3, 0.4) is 0 Å². The Morgan fingerprint density at radius 2 is 2.00 bits per heavy atom. The lowest BCUT2D eigenvalue weighted by molar-refractivity contribution is 0.615. The minimum absolute atomic E-state index is 0.00250. The maximum Gasteiger partial charge on any atom is 0.151 e. The van der Waals surface area contributed by atoms with E-state index in [1.807, 2.05) is 0 Å². The molecule has 0 fully saturated rings. The first-order valence-corrected chi connectivity index (χ1v) is 4.19. The van der Waals surface area contributed by atoms with Crippen LogP contribution in [0.25, 0.3) is 11.0 Å². The van der Waals surface area contributed by atoms with Crippen LogP contribution in [0.15, 0.2) is 12.1 Å². The number of aromatic amines is 1. The molecule has 1 aromatic carbocycles. The highest BCUT2D eigenvalue weighted by Crippen LogP contribution is 2.20. The fourth-order valence-electron chi connectivity index (χ4n) is 1.26. The molecule has 0 saturated heterocycles. The average molecular weight is 197 g/mol. The third-order valence-electron chi connectivity index (χ3n) is 1.99. The molecule has 0 amide bonds. The molecule has 0 radical (unpaired) electrons. The second-order valence-corrected chi connectivity index (χ2v) is 3.16. The van der Waals surface area contributed by atoms with Crippen molar-refractivity contribution in [2.24, 2.45) is 5.73 Å². The third kappa shape index (κ3) is 1.26. The first-order chi connectivity index (χ1) is 6.59. The number of nitrogens with zero attached hydrogens (tertiary/aromatic N) is 1. The Hall–Kier alpha value is -1.49. The molecule has 74 valence electrons. The lowest BCUT2D eigenvalue weighted by atomic mass is 10.3. The van der Waals surface area contributed by atoms with E-state index in [-0.39, 0.29) is 17.1 Å². The van der Waals surface area contributed by atoms with Crippen LogP contribution in [-0.2, 0) is 0 Å². The van der Waals surface area contributed by atoms with E-state index in [4.69, 9.17) is 5.73 Å². The molecular formula is C9H9F2N3. The van der Waals surface area contributed by atoms with Gasteiger partial charge in [0.15, 0.2) is 5.82 Å². The molecule has 3 nitrogen and oxygen atoms in total. The fraction of sp³-hybridized carbons (Fsp3) is 0.222. The number of benzene rings is 1. The normalized spacial score (nSPS) is 13.4. The number of rotatable bonds is 1. The van der Waals surface area contributed by atoms with Gasteiger partial charge in [-0.1, -0.05) is 0 Å². The topological polar surface area (TPSA) is 54.7 Å². The van der Waals surface area contributed by atoms with E-state index in [1.165, 1.54) is 0 Å². The van der Waals surface area contributed by atoms with Crippen LogP contribution in [0.4, 0.5) is 8.78 Å². The number of halogens is 2. The Balaban J connectivity index is 2.75. The summed E-state index contributed by atoms with van der Waals surface area (Å²) in [5.41, 5.74) is 5.60. The zero-order valence-electron chi connectivity index (χ0n) is 7.51. The Kier molecular flexibility index (Phi) is 1.96. The predicted molar refractivity (Wildman–Crippen MR) is 48.6 cm³/mol. The first kappa shape index (κ1) is 9.08. The molecule has 0 bridgehead atoms. The van der Waals surface area contributed by atoms with Crippen molar-refractivity contribution in [3.8, 4) is 0 Å². The first-order valence-electron chi connectivity index (χ1n) is 4.19. The van der Waals surface area contributed by atoms with Gasteiger partial charge in [0.1, 0.15) is 22.7 Å². The van der Waals surface area contributed by atoms with E-state index in [0.29, 0.717) is 5.82 Å². The van der Waals surface area contributed by atoms with Gasteiger partial charge in [-0.15, -0.1) is 0 Å². The highest BCUT2D eigenvalue weighted by atomic mass is 19.1. The summed E-state index contributed by atoms with van der Waals surface area (Å²) in [5, 5.41) is 0.